The summed E-state index contributed by atoms with van der Waals surface area (Å²) >= 11 is 0. The summed E-state index contributed by atoms with van der Waals surface area (Å²) in [4.78, 5) is 0. The van der Waals surface area contributed by atoms with Crippen LogP contribution in [0.1, 0.15) is 62.8 Å². The molecule has 0 saturated heterocycles. The van der Waals surface area contributed by atoms with Crippen LogP contribution in [0.5, 0.6) is 0 Å². The molecule has 2 fully saturated rings. The van der Waals surface area contributed by atoms with Gasteiger partial charge in [-0.2, -0.15) is 0 Å². The number of benzene rings is 1. The molecule has 1 spiro atoms. The lowest BCUT2D eigenvalue weighted by Crippen LogP contribution is -2.26. The summed E-state index contributed by atoms with van der Waals surface area (Å²) in [6.07, 6.45) is 11.8. The summed E-state index contributed by atoms with van der Waals surface area (Å²) in [7, 11) is 0. The van der Waals surface area contributed by atoms with Gasteiger partial charge >= 0.3 is 0 Å². The lowest BCUT2D eigenvalue weighted by molar-refractivity contribution is 0.170. The van der Waals surface area contributed by atoms with Gasteiger partial charge in [-0.25, -0.2) is 0 Å². The van der Waals surface area contributed by atoms with E-state index < -0.39 is 0 Å². The molecule has 0 bridgehead atoms. The maximum Gasteiger partial charge on any atom is -0.0105 e. The molecule has 0 amide bonds. The molecular formula is C16H22. The molecule has 2 aliphatic carbocycles. The van der Waals surface area contributed by atoms with E-state index >= 15 is 0 Å². The van der Waals surface area contributed by atoms with E-state index in [9.17, 15) is 0 Å². The van der Waals surface area contributed by atoms with E-state index in [1.165, 1.54) is 51.4 Å². The number of rotatable bonds is 1. The Morgan fingerprint density at radius 2 is 1.50 bits per heavy atom. The van der Waals surface area contributed by atoms with Gasteiger partial charge in [0.15, 0.2) is 0 Å². The van der Waals surface area contributed by atoms with Gasteiger partial charge in [0.05, 0.1) is 0 Å². The molecule has 0 radical (unpaired) electrons. The number of hydrogen-bond donors (Lipinski definition) is 0. The maximum absolute atomic E-state index is 2.35. The summed E-state index contributed by atoms with van der Waals surface area (Å²) in [5.41, 5.74) is 2.31. The molecule has 3 rings (SSSR count). The molecule has 2 saturated carbocycles. The molecule has 1 unspecified atom stereocenters. The fourth-order valence-corrected chi connectivity index (χ4v) is 4.20. The van der Waals surface area contributed by atoms with Crippen molar-refractivity contribution in [2.45, 2.75) is 57.3 Å². The average Bonchev–Trinajstić information content (AvgIpc) is 2.75. The van der Waals surface area contributed by atoms with E-state index in [4.69, 9.17) is 0 Å². The Morgan fingerprint density at radius 3 is 2.25 bits per heavy atom. The molecular weight excluding hydrogens is 192 g/mol. The quantitative estimate of drug-likeness (QED) is 0.623. The minimum atomic E-state index is 0.694. The predicted molar refractivity (Wildman–Crippen MR) is 68.6 cm³/mol. The van der Waals surface area contributed by atoms with Gasteiger partial charge in [0.25, 0.3) is 0 Å². The van der Waals surface area contributed by atoms with E-state index in [1.807, 2.05) is 0 Å². The van der Waals surface area contributed by atoms with Crippen molar-refractivity contribution in [1.29, 1.82) is 0 Å². The highest BCUT2D eigenvalue weighted by Crippen LogP contribution is 2.56. The Labute approximate surface area is 99.1 Å². The van der Waals surface area contributed by atoms with Gasteiger partial charge in [0.2, 0.25) is 0 Å². The third kappa shape index (κ3) is 1.69. The molecule has 16 heavy (non-hydrogen) atoms. The van der Waals surface area contributed by atoms with E-state index in [1.54, 1.807) is 5.56 Å². The predicted octanol–water partition coefficient (Wildman–Crippen LogP) is 4.90. The Hall–Kier alpha value is -0.780. The van der Waals surface area contributed by atoms with E-state index in [-0.39, 0.29) is 0 Å². The smallest absolute Gasteiger partial charge is 0.0105 e. The van der Waals surface area contributed by atoms with Gasteiger partial charge in [-0.15, -0.1) is 0 Å². The molecule has 86 valence electrons. The fourth-order valence-electron chi connectivity index (χ4n) is 4.20. The average molecular weight is 214 g/mol. The van der Waals surface area contributed by atoms with E-state index in [0.29, 0.717) is 5.41 Å². The topological polar surface area (TPSA) is 0 Å². The first kappa shape index (κ1) is 10.4. The van der Waals surface area contributed by atoms with Crippen molar-refractivity contribution in [3.05, 3.63) is 35.9 Å². The van der Waals surface area contributed by atoms with Crippen LogP contribution >= 0.6 is 0 Å². The van der Waals surface area contributed by atoms with E-state index in [0.717, 1.165) is 5.92 Å². The van der Waals surface area contributed by atoms with Gasteiger partial charge in [0, 0.05) is 0 Å². The second kappa shape index (κ2) is 4.24. The van der Waals surface area contributed by atoms with Crippen molar-refractivity contribution in [2.75, 3.05) is 0 Å². The zero-order valence-electron chi connectivity index (χ0n) is 10.1. The third-order valence-corrected chi connectivity index (χ3v) is 4.96. The van der Waals surface area contributed by atoms with Crippen LogP contribution in [0, 0.1) is 5.41 Å². The lowest BCUT2D eigenvalue weighted by Gasteiger charge is -2.39. The summed E-state index contributed by atoms with van der Waals surface area (Å²) in [6, 6.07) is 11.3. The van der Waals surface area contributed by atoms with Crippen molar-refractivity contribution in [3.63, 3.8) is 0 Å². The second-order valence-electron chi connectivity index (χ2n) is 5.78. The molecule has 1 aromatic carbocycles. The standard InChI is InChI=1S/C16H22/c1-3-8-14(9-4-1)15-10-7-13-16(15)11-5-2-6-12-16/h1,3-4,8-9,15H,2,5-7,10-13H2. The lowest BCUT2D eigenvalue weighted by atomic mass is 9.65. The molecule has 0 aromatic heterocycles. The Balaban J connectivity index is 1.89. The maximum atomic E-state index is 2.35. The van der Waals surface area contributed by atoms with Crippen LogP contribution in [0.4, 0.5) is 0 Å². The zero-order valence-corrected chi connectivity index (χ0v) is 10.1. The Kier molecular flexibility index (Phi) is 2.75. The summed E-state index contributed by atoms with van der Waals surface area (Å²) in [6.45, 7) is 0. The second-order valence-corrected chi connectivity index (χ2v) is 5.78. The zero-order chi connectivity index (χ0) is 10.8. The minimum absolute atomic E-state index is 0.694. The van der Waals surface area contributed by atoms with E-state index in [2.05, 4.69) is 30.3 Å². The van der Waals surface area contributed by atoms with Crippen molar-refractivity contribution in [2.24, 2.45) is 5.41 Å². The van der Waals surface area contributed by atoms with Crippen LogP contribution in [-0.4, -0.2) is 0 Å². The highest BCUT2D eigenvalue weighted by atomic mass is 14.5. The highest BCUT2D eigenvalue weighted by molar-refractivity contribution is 5.24. The first-order valence-corrected chi connectivity index (χ1v) is 6.96. The first-order valence-electron chi connectivity index (χ1n) is 6.96. The monoisotopic (exact) mass is 214 g/mol. The minimum Gasteiger partial charge on any atom is -0.0622 e. The van der Waals surface area contributed by atoms with Crippen LogP contribution in [0.15, 0.2) is 30.3 Å². The summed E-state index contributed by atoms with van der Waals surface area (Å²) < 4.78 is 0. The van der Waals surface area contributed by atoms with Gasteiger partial charge in [-0.1, -0.05) is 56.0 Å². The molecule has 1 aromatic rings. The largest absolute Gasteiger partial charge is 0.0622 e. The molecule has 0 aliphatic heterocycles. The Bertz CT molecular complexity index is 332. The molecule has 1 atom stereocenters. The van der Waals surface area contributed by atoms with Crippen LogP contribution in [0.3, 0.4) is 0 Å². The SMILES string of the molecule is c1ccc(C2CCCC23CCCCC3)cc1. The van der Waals surface area contributed by atoms with Gasteiger partial charge in [-0.3, -0.25) is 0 Å². The Morgan fingerprint density at radius 1 is 0.812 bits per heavy atom. The molecule has 0 heterocycles. The van der Waals surface area contributed by atoms with Crippen molar-refractivity contribution in [3.8, 4) is 0 Å². The van der Waals surface area contributed by atoms with Gasteiger partial charge in [-0.05, 0) is 42.6 Å². The number of hydrogen-bond acceptors (Lipinski definition) is 0. The van der Waals surface area contributed by atoms with Crippen LogP contribution in [0.2, 0.25) is 0 Å². The van der Waals surface area contributed by atoms with Gasteiger partial charge in [0.1, 0.15) is 0 Å². The van der Waals surface area contributed by atoms with Crippen LogP contribution in [-0.2, 0) is 0 Å². The normalized spacial score (nSPS) is 28.4. The highest BCUT2D eigenvalue weighted by Gasteiger charge is 2.43. The van der Waals surface area contributed by atoms with Crippen molar-refractivity contribution < 1.29 is 0 Å². The molecule has 0 nitrogen and oxygen atoms in total. The molecule has 0 heteroatoms. The molecule has 2 aliphatic rings. The summed E-state index contributed by atoms with van der Waals surface area (Å²) in [5.74, 6) is 0.869. The summed E-state index contributed by atoms with van der Waals surface area (Å²) in [5, 5.41) is 0. The fraction of sp³-hybridized carbons (Fsp3) is 0.625. The first-order chi connectivity index (χ1) is 7.91. The van der Waals surface area contributed by atoms with Crippen molar-refractivity contribution >= 4 is 0 Å². The molecule has 0 N–H and O–H groups in total. The van der Waals surface area contributed by atoms with Crippen molar-refractivity contribution in [1.82, 2.24) is 0 Å². The van der Waals surface area contributed by atoms with Crippen LogP contribution < -0.4 is 0 Å². The van der Waals surface area contributed by atoms with Crippen LogP contribution in [0.25, 0.3) is 0 Å². The van der Waals surface area contributed by atoms with Gasteiger partial charge < -0.3 is 0 Å². The third-order valence-electron chi connectivity index (χ3n) is 4.96.